The van der Waals surface area contributed by atoms with Crippen molar-refractivity contribution in [2.24, 2.45) is 17.8 Å². The van der Waals surface area contributed by atoms with Gasteiger partial charge in [-0.3, -0.25) is 14.2 Å². The summed E-state index contributed by atoms with van der Waals surface area (Å²) in [5, 5.41) is 3.75. The van der Waals surface area contributed by atoms with Crippen LogP contribution in [-0.4, -0.2) is 97.4 Å². The minimum absolute atomic E-state index is 0.0871. The van der Waals surface area contributed by atoms with Crippen molar-refractivity contribution >= 4 is 23.4 Å². The maximum atomic E-state index is 14.2. The molecule has 1 N–H and O–H groups in total. The molecule has 2 aliphatic heterocycles. The number of piperidine rings is 1. The summed E-state index contributed by atoms with van der Waals surface area (Å²) in [6.45, 7) is 10.0. The molecule has 1 aromatic heterocycles. The summed E-state index contributed by atoms with van der Waals surface area (Å²) in [6, 6.07) is 9.82. The van der Waals surface area contributed by atoms with E-state index in [0.29, 0.717) is 64.7 Å². The van der Waals surface area contributed by atoms with Crippen LogP contribution in [-0.2, 0) is 20.7 Å². The molecule has 1 aromatic carbocycles. The molecule has 2 aliphatic rings. The minimum atomic E-state index is -0.103. The van der Waals surface area contributed by atoms with Gasteiger partial charge in [0.15, 0.2) is 5.69 Å². The lowest BCUT2D eigenvalue weighted by atomic mass is 9.88. The molecule has 0 bridgehead atoms. The van der Waals surface area contributed by atoms with Crippen LogP contribution in [0.5, 0.6) is 0 Å². The molecular weight excluding hydrogens is 530 g/mol. The van der Waals surface area contributed by atoms with E-state index in [4.69, 9.17) is 21.1 Å². The highest BCUT2D eigenvalue weighted by Gasteiger charge is 2.34. The number of rotatable bonds is 12. The fraction of sp³-hybridized carbons (Fsp3) is 0.633. The fourth-order valence-corrected chi connectivity index (χ4v) is 6.03. The van der Waals surface area contributed by atoms with Gasteiger partial charge in [-0.2, -0.15) is 0 Å². The number of hydrogen-bond acceptors (Lipinski definition) is 6. The van der Waals surface area contributed by atoms with Gasteiger partial charge in [0, 0.05) is 52.1 Å². The number of nitrogens with one attached hydrogen (secondary N) is 1. The normalized spacial score (nSPS) is 19.7. The van der Waals surface area contributed by atoms with Crippen LogP contribution in [0.25, 0.3) is 5.69 Å². The number of unbranched alkanes of at least 4 members (excludes halogenated alkanes) is 1. The Labute approximate surface area is 243 Å². The van der Waals surface area contributed by atoms with E-state index in [-0.39, 0.29) is 34.9 Å². The van der Waals surface area contributed by atoms with E-state index in [1.54, 1.807) is 7.11 Å². The smallest absolute Gasteiger partial charge is 0.274 e. The molecule has 0 spiro atoms. The highest BCUT2D eigenvalue weighted by molar-refractivity contribution is 6.29. The number of para-hydroxylation sites is 1. The summed E-state index contributed by atoms with van der Waals surface area (Å²) >= 11 is 6.69. The number of morpholine rings is 1. The van der Waals surface area contributed by atoms with Gasteiger partial charge in [0.1, 0.15) is 0 Å². The third-order valence-corrected chi connectivity index (χ3v) is 7.88. The van der Waals surface area contributed by atoms with Gasteiger partial charge in [0.25, 0.3) is 5.91 Å². The predicted molar refractivity (Wildman–Crippen MR) is 156 cm³/mol. The van der Waals surface area contributed by atoms with Crippen LogP contribution < -0.4 is 5.32 Å². The zero-order valence-electron chi connectivity index (χ0n) is 24.1. The van der Waals surface area contributed by atoms with Crippen LogP contribution in [0.15, 0.2) is 30.3 Å². The third kappa shape index (κ3) is 7.84. The SMILES string of the molecule is COCCCCc1c(C(=O)N(CC(C)C)C[C@@H]2CNC[C@H](C(=O)N3CCOCC3)C2)nc(Cl)n1-c1ccccc1. The molecule has 2 saturated heterocycles. The summed E-state index contributed by atoms with van der Waals surface area (Å²) in [5.41, 5.74) is 2.13. The highest BCUT2D eigenvalue weighted by Crippen LogP contribution is 2.27. The lowest BCUT2D eigenvalue weighted by Crippen LogP contribution is -2.51. The lowest BCUT2D eigenvalue weighted by Gasteiger charge is -2.37. The molecule has 0 unspecified atom stereocenters. The van der Waals surface area contributed by atoms with Gasteiger partial charge in [0.2, 0.25) is 11.2 Å². The van der Waals surface area contributed by atoms with Crippen molar-refractivity contribution in [3.63, 3.8) is 0 Å². The van der Waals surface area contributed by atoms with Crippen molar-refractivity contribution in [2.75, 3.05) is 66.2 Å². The molecule has 0 aliphatic carbocycles. The average molecular weight is 574 g/mol. The molecule has 0 radical (unpaired) electrons. The largest absolute Gasteiger partial charge is 0.385 e. The van der Waals surface area contributed by atoms with Crippen LogP contribution in [0.2, 0.25) is 5.28 Å². The number of nitrogens with zero attached hydrogens (tertiary/aromatic N) is 4. The number of benzene rings is 1. The Morgan fingerprint density at radius 2 is 1.93 bits per heavy atom. The quantitative estimate of drug-likeness (QED) is 0.390. The predicted octanol–water partition coefficient (Wildman–Crippen LogP) is 3.68. The Bertz CT molecular complexity index is 1100. The topological polar surface area (TPSA) is 88.9 Å². The van der Waals surface area contributed by atoms with Crippen molar-refractivity contribution in [1.82, 2.24) is 24.7 Å². The Balaban J connectivity index is 1.55. The summed E-state index contributed by atoms with van der Waals surface area (Å²) in [4.78, 5) is 35.8. The molecule has 0 saturated carbocycles. The first-order valence-electron chi connectivity index (χ1n) is 14.6. The maximum absolute atomic E-state index is 14.2. The highest BCUT2D eigenvalue weighted by atomic mass is 35.5. The molecule has 9 nitrogen and oxygen atoms in total. The third-order valence-electron chi connectivity index (χ3n) is 7.63. The van der Waals surface area contributed by atoms with E-state index in [9.17, 15) is 9.59 Å². The molecular formula is C30H44ClN5O4. The molecule has 220 valence electrons. The van der Waals surface area contributed by atoms with E-state index >= 15 is 0 Å². The number of carbonyl (C=O) groups is 2. The van der Waals surface area contributed by atoms with Crippen LogP contribution in [0, 0.1) is 17.8 Å². The molecule has 2 amide bonds. The van der Waals surface area contributed by atoms with Crippen LogP contribution in [0.3, 0.4) is 0 Å². The number of aromatic nitrogens is 2. The summed E-state index contributed by atoms with van der Waals surface area (Å²) < 4.78 is 12.6. The first-order valence-corrected chi connectivity index (χ1v) is 14.9. The average Bonchev–Trinajstić information content (AvgIpc) is 3.30. The summed E-state index contributed by atoms with van der Waals surface area (Å²) in [6.07, 6.45) is 3.15. The van der Waals surface area contributed by atoms with E-state index in [1.165, 1.54) is 0 Å². The van der Waals surface area contributed by atoms with Gasteiger partial charge in [-0.15, -0.1) is 0 Å². The molecule has 3 heterocycles. The zero-order valence-corrected chi connectivity index (χ0v) is 24.9. The van der Waals surface area contributed by atoms with Gasteiger partial charge >= 0.3 is 0 Å². The number of ether oxygens (including phenoxy) is 2. The lowest BCUT2D eigenvalue weighted by molar-refractivity contribution is -0.140. The second-order valence-corrected chi connectivity index (χ2v) is 11.6. The second kappa shape index (κ2) is 15.0. The Hall–Kier alpha value is -2.46. The van der Waals surface area contributed by atoms with Crippen LogP contribution in [0.4, 0.5) is 0 Å². The van der Waals surface area contributed by atoms with Crippen molar-refractivity contribution in [2.45, 2.75) is 39.5 Å². The van der Waals surface area contributed by atoms with Crippen LogP contribution >= 0.6 is 11.6 Å². The number of hydrogen-bond donors (Lipinski definition) is 1. The summed E-state index contributed by atoms with van der Waals surface area (Å²) in [5.74, 6) is 0.449. The van der Waals surface area contributed by atoms with Crippen LogP contribution in [0.1, 0.15) is 49.3 Å². The van der Waals surface area contributed by atoms with E-state index in [1.807, 2.05) is 44.7 Å². The van der Waals surface area contributed by atoms with Crippen molar-refractivity contribution < 1.29 is 19.1 Å². The Kier molecular flexibility index (Phi) is 11.4. The summed E-state index contributed by atoms with van der Waals surface area (Å²) in [7, 11) is 1.70. The molecule has 2 fully saturated rings. The Morgan fingerprint density at radius 3 is 2.62 bits per heavy atom. The zero-order chi connectivity index (χ0) is 28.5. The second-order valence-electron chi connectivity index (χ2n) is 11.3. The minimum Gasteiger partial charge on any atom is -0.385 e. The first-order chi connectivity index (χ1) is 19.4. The van der Waals surface area contributed by atoms with E-state index in [2.05, 4.69) is 24.1 Å². The number of methoxy groups -OCH3 is 1. The molecule has 2 atom stereocenters. The van der Waals surface area contributed by atoms with Gasteiger partial charge in [0.05, 0.1) is 24.8 Å². The number of carbonyl (C=O) groups excluding carboxylic acids is 2. The monoisotopic (exact) mass is 573 g/mol. The maximum Gasteiger partial charge on any atom is 0.274 e. The fourth-order valence-electron chi connectivity index (χ4n) is 5.75. The van der Waals surface area contributed by atoms with Gasteiger partial charge < -0.3 is 24.6 Å². The van der Waals surface area contributed by atoms with Crippen molar-refractivity contribution in [3.8, 4) is 5.69 Å². The number of imidazole rings is 1. The van der Waals surface area contributed by atoms with Gasteiger partial charge in [-0.1, -0.05) is 32.0 Å². The number of halogens is 1. The van der Waals surface area contributed by atoms with Crippen molar-refractivity contribution in [3.05, 3.63) is 47.0 Å². The molecule has 4 rings (SSSR count). The van der Waals surface area contributed by atoms with Gasteiger partial charge in [-0.05, 0) is 67.8 Å². The van der Waals surface area contributed by atoms with Gasteiger partial charge in [-0.25, -0.2) is 4.98 Å². The number of amides is 2. The molecule has 10 heteroatoms. The van der Waals surface area contributed by atoms with E-state index < -0.39 is 0 Å². The van der Waals surface area contributed by atoms with E-state index in [0.717, 1.165) is 37.2 Å². The Morgan fingerprint density at radius 1 is 1.18 bits per heavy atom. The van der Waals surface area contributed by atoms with Crippen molar-refractivity contribution in [1.29, 1.82) is 0 Å². The first kappa shape index (κ1) is 30.5. The molecule has 2 aromatic rings. The molecule has 40 heavy (non-hydrogen) atoms. The standard InChI is InChI=1S/C30H44ClN5O4/c1-22(2)20-35(21-23-17-24(19-32-18-23)28(37)34-12-15-40-16-13-34)29(38)27-26(11-7-8-14-39-3)36(30(31)33-27)25-9-5-4-6-10-25/h4-6,9-10,22-24,32H,7-8,11-21H2,1-3H3/t23-,24+/m0/s1.